The fourth-order valence-electron chi connectivity index (χ4n) is 2.24. The van der Waals surface area contributed by atoms with Gasteiger partial charge in [0.1, 0.15) is 18.2 Å². The molecule has 1 fully saturated rings. The summed E-state index contributed by atoms with van der Waals surface area (Å²) in [6, 6.07) is 0. The molecule has 1 saturated heterocycles. The van der Waals surface area contributed by atoms with Crippen LogP contribution in [0.1, 0.15) is 31.7 Å². The minimum Gasteiger partial charge on any atom is -0.474 e. The van der Waals surface area contributed by atoms with Gasteiger partial charge in [-0.1, -0.05) is 6.92 Å². The van der Waals surface area contributed by atoms with Gasteiger partial charge in [0.25, 0.3) is 0 Å². The van der Waals surface area contributed by atoms with E-state index in [1.54, 1.807) is 6.33 Å². The standard InChI is InChI=1S/C14H24N4O/c1-4-7-15-13-11(2)14(17-10-16-13)19-12-5-8-18(3)9-6-12/h10,12H,4-9H2,1-3H3,(H,15,16,17). The van der Waals surface area contributed by atoms with Gasteiger partial charge < -0.3 is 15.0 Å². The summed E-state index contributed by atoms with van der Waals surface area (Å²) in [6.07, 6.45) is 5.07. The first kappa shape index (κ1) is 14.1. The summed E-state index contributed by atoms with van der Waals surface area (Å²) in [7, 11) is 2.15. The Labute approximate surface area is 115 Å². The van der Waals surface area contributed by atoms with Gasteiger partial charge in [0.05, 0.1) is 5.56 Å². The van der Waals surface area contributed by atoms with Crippen molar-refractivity contribution >= 4 is 5.82 Å². The third-order valence-electron chi connectivity index (χ3n) is 3.52. The zero-order valence-corrected chi connectivity index (χ0v) is 12.1. The first-order valence-corrected chi connectivity index (χ1v) is 7.11. The van der Waals surface area contributed by atoms with E-state index in [1.165, 1.54) is 0 Å². The Kier molecular flexibility index (Phi) is 4.96. The molecule has 2 heterocycles. The van der Waals surface area contributed by atoms with Gasteiger partial charge in [-0.15, -0.1) is 0 Å². The van der Waals surface area contributed by atoms with Gasteiger partial charge in [-0.25, -0.2) is 9.97 Å². The van der Waals surface area contributed by atoms with Gasteiger partial charge in [-0.3, -0.25) is 0 Å². The van der Waals surface area contributed by atoms with Crippen molar-refractivity contribution in [3.8, 4) is 5.88 Å². The number of hydrogen-bond acceptors (Lipinski definition) is 5. The molecule has 0 amide bonds. The van der Waals surface area contributed by atoms with Crippen molar-refractivity contribution in [3.05, 3.63) is 11.9 Å². The van der Waals surface area contributed by atoms with Gasteiger partial charge in [0.15, 0.2) is 0 Å². The Morgan fingerprint density at radius 2 is 2.11 bits per heavy atom. The zero-order chi connectivity index (χ0) is 13.7. The number of ether oxygens (including phenoxy) is 1. The highest BCUT2D eigenvalue weighted by Crippen LogP contribution is 2.23. The topological polar surface area (TPSA) is 50.3 Å². The van der Waals surface area contributed by atoms with E-state index in [2.05, 4.69) is 34.2 Å². The molecular formula is C14H24N4O. The Balaban J connectivity index is 1.99. The molecule has 2 rings (SSSR count). The van der Waals surface area contributed by atoms with Crippen molar-refractivity contribution in [2.75, 3.05) is 32.0 Å². The average molecular weight is 264 g/mol. The molecule has 0 saturated carbocycles. The molecule has 5 heteroatoms. The molecule has 1 aromatic rings. The maximum absolute atomic E-state index is 6.04. The summed E-state index contributed by atoms with van der Waals surface area (Å²) < 4.78 is 6.04. The molecule has 1 aromatic heterocycles. The smallest absolute Gasteiger partial charge is 0.221 e. The number of rotatable bonds is 5. The van der Waals surface area contributed by atoms with Crippen LogP contribution in [0.25, 0.3) is 0 Å². The molecule has 1 aliphatic rings. The molecule has 5 nitrogen and oxygen atoms in total. The molecule has 1 aliphatic heterocycles. The van der Waals surface area contributed by atoms with E-state index in [4.69, 9.17) is 4.74 Å². The van der Waals surface area contributed by atoms with E-state index in [0.717, 1.165) is 56.2 Å². The van der Waals surface area contributed by atoms with Crippen molar-refractivity contribution in [1.82, 2.24) is 14.9 Å². The second kappa shape index (κ2) is 6.70. The monoisotopic (exact) mass is 264 g/mol. The summed E-state index contributed by atoms with van der Waals surface area (Å²) >= 11 is 0. The average Bonchev–Trinajstić information content (AvgIpc) is 2.42. The van der Waals surface area contributed by atoms with E-state index in [0.29, 0.717) is 0 Å². The molecule has 0 aromatic carbocycles. The number of aromatic nitrogens is 2. The highest BCUT2D eigenvalue weighted by atomic mass is 16.5. The van der Waals surface area contributed by atoms with Gasteiger partial charge in [-0.05, 0) is 33.2 Å². The number of nitrogens with zero attached hydrogens (tertiary/aromatic N) is 3. The lowest BCUT2D eigenvalue weighted by Gasteiger charge is -2.29. The van der Waals surface area contributed by atoms with Crippen LogP contribution in [0.4, 0.5) is 5.82 Å². The number of hydrogen-bond donors (Lipinski definition) is 1. The van der Waals surface area contributed by atoms with E-state index in [1.807, 2.05) is 6.92 Å². The van der Waals surface area contributed by atoms with Crippen LogP contribution >= 0.6 is 0 Å². The van der Waals surface area contributed by atoms with Crippen LogP contribution in [0.2, 0.25) is 0 Å². The highest BCUT2D eigenvalue weighted by molar-refractivity contribution is 5.47. The van der Waals surface area contributed by atoms with Gasteiger partial charge in [-0.2, -0.15) is 0 Å². The number of nitrogens with one attached hydrogen (secondary N) is 1. The summed E-state index contributed by atoms with van der Waals surface area (Å²) in [4.78, 5) is 10.9. The fraction of sp³-hybridized carbons (Fsp3) is 0.714. The van der Waals surface area contributed by atoms with Crippen LogP contribution in [0.5, 0.6) is 5.88 Å². The van der Waals surface area contributed by atoms with Crippen molar-refractivity contribution in [3.63, 3.8) is 0 Å². The van der Waals surface area contributed by atoms with Crippen molar-refractivity contribution in [2.45, 2.75) is 39.2 Å². The third-order valence-corrected chi connectivity index (χ3v) is 3.52. The largest absolute Gasteiger partial charge is 0.474 e. The Bertz CT molecular complexity index is 402. The quantitative estimate of drug-likeness (QED) is 0.882. The van der Waals surface area contributed by atoms with Crippen LogP contribution in [-0.2, 0) is 0 Å². The molecule has 0 atom stereocenters. The first-order chi connectivity index (χ1) is 9.20. The molecule has 0 spiro atoms. The summed E-state index contributed by atoms with van der Waals surface area (Å²) in [5, 5.41) is 3.31. The van der Waals surface area contributed by atoms with Gasteiger partial charge in [0, 0.05) is 19.6 Å². The molecule has 1 N–H and O–H groups in total. The molecular weight excluding hydrogens is 240 g/mol. The van der Waals surface area contributed by atoms with E-state index >= 15 is 0 Å². The van der Waals surface area contributed by atoms with Crippen LogP contribution in [0, 0.1) is 6.92 Å². The normalized spacial score (nSPS) is 17.4. The number of anilines is 1. The number of piperidine rings is 1. The molecule has 0 aliphatic carbocycles. The maximum Gasteiger partial charge on any atom is 0.221 e. The Hall–Kier alpha value is -1.36. The molecule has 106 valence electrons. The van der Waals surface area contributed by atoms with E-state index in [9.17, 15) is 0 Å². The first-order valence-electron chi connectivity index (χ1n) is 7.11. The van der Waals surface area contributed by atoms with Crippen LogP contribution in [0.3, 0.4) is 0 Å². The fourth-order valence-corrected chi connectivity index (χ4v) is 2.24. The second-order valence-corrected chi connectivity index (χ2v) is 5.20. The second-order valence-electron chi connectivity index (χ2n) is 5.20. The SMILES string of the molecule is CCCNc1ncnc(OC2CCN(C)CC2)c1C. The molecule has 19 heavy (non-hydrogen) atoms. The van der Waals surface area contributed by atoms with Crippen LogP contribution < -0.4 is 10.1 Å². The predicted octanol–water partition coefficient (Wildman–Crippen LogP) is 2.08. The van der Waals surface area contributed by atoms with Crippen LogP contribution in [-0.4, -0.2) is 47.7 Å². The Morgan fingerprint density at radius 1 is 1.37 bits per heavy atom. The van der Waals surface area contributed by atoms with Crippen LogP contribution in [0.15, 0.2) is 6.33 Å². The number of likely N-dealkylation sites (tertiary alicyclic amines) is 1. The van der Waals surface area contributed by atoms with Crippen molar-refractivity contribution < 1.29 is 4.74 Å². The Morgan fingerprint density at radius 3 is 2.79 bits per heavy atom. The lowest BCUT2D eigenvalue weighted by Crippen LogP contribution is -2.35. The lowest BCUT2D eigenvalue weighted by atomic mass is 10.1. The van der Waals surface area contributed by atoms with Gasteiger partial charge in [0.2, 0.25) is 5.88 Å². The minimum atomic E-state index is 0.281. The third kappa shape index (κ3) is 3.80. The molecule has 0 bridgehead atoms. The van der Waals surface area contributed by atoms with Gasteiger partial charge >= 0.3 is 0 Å². The molecule has 0 unspecified atom stereocenters. The summed E-state index contributed by atoms with van der Waals surface area (Å²) in [6.45, 7) is 7.26. The maximum atomic E-state index is 6.04. The summed E-state index contributed by atoms with van der Waals surface area (Å²) in [5.74, 6) is 1.61. The highest BCUT2D eigenvalue weighted by Gasteiger charge is 2.20. The van der Waals surface area contributed by atoms with Crippen molar-refractivity contribution in [1.29, 1.82) is 0 Å². The van der Waals surface area contributed by atoms with Crippen molar-refractivity contribution in [2.24, 2.45) is 0 Å². The molecule has 0 radical (unpaired) electrons. The minimum absolute atomic E-state index is 0.281. The lowest BCUT2D eigenvalue weighted by molar-refractivity contribution is 0.109. The predicted molar refractivity (Wildman–Crippen MR) is 76.7 cm³/mol. The summed E-state index contributed by atoms with van der Waals surface area (Å²) in [5.41, 5.74) is 1.01. The van der Waals surface area contributed by atoms with E-state index < -0.39 is 0 Å². The zero-order valence-electron chi connectivity index (χ0n) is 12.1. The van der Waals surface area contributed by atoms with E-state index in [-0.39, 0.29) is 6.10 Å².